The van der Waals surface area contributed by atoms with Crippen molar-refractivity contribution in [1.29, 1.82) is 0 Å². The number of pyridine rings is 1. The molecular weight excluding hydrogens is 270 g/mol. The highest BCUT2D eigenvalue weighted by molar-refractivity contribution is 5.69. The Morgan fingerprint density at radius 1 is 1.14 bits per heavy atom. The first kappa shape index (κ1) is 13.3. The normalized spacial score (nSPS) is 11.1. The number of fused-ring (bicyclic) bond motifs is 1. The SMILES string of the molecule is CCn1c(=O)[nH]c(=O)c2[nH]c(CCc3ccncc3)nc21. The van der Waals surface area contributed by atoms with Gasteiger partial charge in [0.05, 0.1) is 0 Å². The van der Waals surface area contributed by atoms with Crippen molar-refractivity contribution < 1.29 is 0 Å². The van der Waals surface area contributed by atoms with Crippen molar-refractivity contribution in [2.75, 3.05) is 0 Å². The summed E-state index contributed by atoms with van der Waals surface area (Å²) in [5.74, 6) is 0.695. The standard InChI is InChI=1S/C14H15N5O2/c1-2-19-12-11(13(20)18-14(19)21)16-10(17-12)4-3-9-5-7-15-8-6-9/h5-8H,2-4H2,1H3,(H,16,17)(H,18,20,21). The molecule has 0 radical (unpaired) electrons. The van der Waals surface area contributed by atoms with E-state index < -0.39 is 11.2 Å². The zero-order valence-corrected chi connectivity index (χ0v) is 11.6. The molecule has 0 aromatic carbocycles. The molecule has 3 heterocycles. The van der Waals surface area contributed by atoms with Crippen LogP contribution in [0.1, 0.15) is 18.3 Å². The molecule has 21 heavy (non-hydrogen) atoms. The van der Waals surface area contributed by atoms with Crippen LogP contribution in [0.25, 0.3) is 11.2 Å². The number of aromatic nitrogens is 5. The monoisotopic (exact) mass is 285 g/mol. The first-order valence-electron chi connectivity index (χ1n) is 6.79. The Morgan fingerprint density at radius 2 is 1.90 bits per heavy atom. The van der Waals surface area contributed by atoms with E-state index in [1.165, 1.54) is 4.57 Å². The summed E-state index contributed by atoms with van der Waals surface area (Å²) in [6.07, 6.45) is 4.94. The molecule has 0 spiro atoms. The van der Waals surface area contributed by atoms with Gasteiger partial charge in [0.25, 0.3) is 5.56 Å². The molecule has 7 nitrogen and oxygen atoms in total. The van der Waals surface area contributed by atoms with Crippen molar-refractivity contribution in [3.8, 4) is 0 Å². The van der Waals surface area contributed by atoms with E-state index in [-0.39, 0.29) is 0 Å². The van der Waals surface area contributed by atoms with Crippen molar-refractivity contribution in [1.82, 2.24) is 24.5 Å². The Morgan fingerprint density at radius 3 is 2.62 bits per heavy atom. The molecule has 3 rings (SSSR count). The molecular formula is C14H15N5O2. The van der Waals surface area contributed by atoms with E-state index in [0.29, 0.717) is 30.0 Å². The van der Waals surface area contributed by atoms with Crippen LogP contribution in [0, 0.1) is 0 Å². The van der Waals surface area contributed by atoms with Crippen molar-refractivity contribution in [3.63, 3.8) is 0 Å². The van der Waals surface area contributed by atoms with Gasteiger partial charge in [-0.25, -0.2) is 9.78 Å². The minimum Gasteiger partial charge on any atom is -0.336 e. The second kappa shape index (κ2) is 5.35. The second-order valence-corrected chi connectivity index (χ2v) is 4.74. The number of imidazole rings is 1. The van der Waals surface area contributed by atoms with Gasteiger partial charge >= 0.3 is 5.69 Å². The predicted octanol–water partition coefficient (Wildman–Crippen LogP) is 0.613. The van der Waals surface area contributed by atoms with Gasteiger partial charge in [0.1, 0.15) is 11.3 Å². The number of aryl methyl sites for hydroxylation is 3. The summed E-state index contributed by atoms with van der Waals surface area (Å²) in [5, 5.41) is 0. The number of hydrogen-bond donors (Lipinski definition) is 2. The van der Waals surface area contributed by atoms with Crippen LogP contribution in [0.3, 0.4) is 0 Å². The molecule has 0 atom stereocenters. The molecule has 0 aliphatic heterocycles. The molecule has 0 saturated heterocycles. The van der Waals surface area contributed by atoms with Crippen LogP contribution >= 0.6 is 0 Å². The maximum absolute atomic E-state index is 11.8. The van der Waals surface area contributed by atoms with Crippen LogP contribution in [0.2, 0.25) is 0 Å². The summed E-state index contributed by atoms with van der Waals surface area (Å²) in [5.41, 5.74) is 1.05. The van der Waals surface area contributed by atoms with E-state index >= 15 is 0 Å². The molecule has 2 N–H and O–H groups in total. The van der Waals surface area contributed by atoms with Gasteiger partial charge in [-0.05, 0) is 31.0 Å². The fourth-order valence-corrected chi connectivity index (χ4v) is 2.31. The smallest absolute Gasteiger partial charge is 0.330 e. The maximum Gasteiger partial charge on any atom is 0.330 e. The lowest BCUT2D eigenvalue weighted by atomic mass is 10.1. The predicted molar refractivity (Wildman–Crippen MR) is 78.3 cm³/mol. The van der Waals surface area contributed by atoms with Gasteiger partial charge in [-0.15, -0.1) is 0 Å². The Hall–Kier alpha value is -2.70. The number of rotatable bonds is 4. The second-order valence-electron chi connectivity index (χ2n) is 4.74. The third-order valence-electron chi connectivity index (χ3n) is 3.40. The molecule has 0 unspecified atom stereocenters. The molecule has 7 heteroatoms. The van der Waals surface area contributed by atoms with Gasteiger partial charge in [-0.3, -0.25) is 19.3 Å². The quantitative estimate of drug-likeness (QED) is 0.734. The lowest BCUT2D eigenvalue weighted by Crippen LogP contribution is -2.29. The Kier molecular flexibility index (Phi) is 3.39. The highest BCUT2D eigenvalue weighted by atomic mass is 16.2. The lowest BCUT2D eigenvalue weighted by Gasteiger charge is -2.00. The van der Waals surface area contributed by atoms with Crippen LogP contribution in [0.15, 0.2) is 34.1 Å². The zero-order valence-electron chi connectivity index (χ0n) is 11.6. The zero-order chi connectivity index (χ0) is 14.8. The summed E-state index contributed by atoms with van der Waals surface area (Å²) in [6, 6.07) is 3.88. The fourth-order valence-electron chi connectivity index (χ4n) is 2.31. The van der Waals surface area contributed by atoms with Crippen LogP contribution in [0.5, 0.6) is 0 Å². The number of aromatic amines is 2. The molecule has 3 aromatic heterocycles. The minimum absolute atomic E-state index is 0.348. The van der Waals surface area contributed by atoms with E-state index in [1.54, 1.807) is 12.4 Å². The summed E-state index contributed by atoms with van der Waals surface area (Å²) >= 11 is 0. The van der Waals surface area contributed by atoms with Crippen molar-refractivity contribution in [2.24, 2.45) is 0 Å². The van der Waals surface area contributed by atoms with Crippen LogP contribution in [0.4, 0.5) is 0 Å². The van der Waals surface area contributed by atoms with E-state index in [1.807, 2.05) is 19.1 Å². The van der Waals surface area contributed by atoms with E-state index in [9.17, 15) is 9.59 Å². The molecule has 0 aliphatic carbocycles. The van der Waals surface area contributed by atoms with Gasteiger partial charge in [0.2, 0.25) is 0 Å². The van der Waals surface area contributed by atoms with Gasteiger partial charge in [-0.1, -0.05) is 0 Å². The summed E-state index contributed by atoms with van der Waals surface area (Å²) in [6.45, 7) is 2.30. The fraction of sp³-hybridized carbons (Fsp3) is 0.286. The Balaban J connectivity index is 1.96. The molecule has 108 valence electrons. The number of hydrogen-bond acceptors (Lipinski definition) is 4. The van der Waals surface area contributed by atoms with Crippen molar-refractivity contribution in [2.45, 2.75) is 26.3 Å². The van der Waals surface area contributed by atoms with Gasteiger partial charge in [0, 0.05) is 25.4 Å². The Bertz CT molecular complexity index is 876. The van der Waals surface area contributed by atoms with Crippen LogP contribution < -0.4 is 11.2 Å². The van der Waals surface area contributed by atoms with E-state index in [0.717, 1.165) is 12.0 Å². The number of nitrogens with one attached hydrogen (secondary N) is 2. The first-order chi connectivity index (χ1) is 10.2. The van der Waals surface area contributed by atoms with E-state index in [2.05, 4.69) is 19.9 Å². The lowest BCUT2D eigenvalue weighted by molar-refractivity contribution is 0.718. The van der Waals surface area contributed by atoms with Gasteiger partial charge in [-0.2, -0.15) is 0 Å². The summed E-state index contributed by atoms with van der Waals surface area (Å²) in [4.78, 5) is 37.2. The minimum atomic E-state index is -0.429. The average Bonchev–Trinajstić information content (AvgIpc) is 2.91. The third kappa shape index (κ3) is 2.49. The number of H-pyrrole nitrogens is 2. The van der Waals surface area contributed by atoms with Crippen LogP contribution in [-0.2, 0) is 19.4 Å². The first-order valence-corrected chi connectivity index (χ1v) is 6.79. The highest BCUT2D eigenvalue weighted by Gasteiger charge is 2.11. The molecule has 0 aliphatic rings. The number of nitrogens with zero attached hydrogens (tertiary/aromatic N) is 3. The van der Waals surface area contributed by atoms with Crippen LogP contribution in [-0.4, -0.2) is 24.5 Å². The highest BCUT2D eigenvalue weighted by Crippen LogP contribution is 2.08. The molecule has 0 fully saturated rings. The maximum atomic E-state index is 11.8. The Labute approximate surface area is 119 Å². The van der Waals surface area contributed by atoms with Crippen molar-refractivity contribution in [3.05, 3.63) is 56.8 Å². The molecule has 3 aromatic rings. The van der Waals surface area contributed by atoms with Gasteiger partial charge in [0.15, 0.2) is 5.65 Å². The van der Waals surface area contributed by atoms with E-state index in [4.69, 9.17) is 0 Å². The average molecular weight is 285 g/mol. The third-order valence-corrected chi connectivity index (χ3v) is 3.40. The summed E-state index contributed by atoms with van der Waals surface area (Å²) in [7, 11) is 0. The molecule has 0 bridgehead atoms. The summed E-state index contributed by atoms with van der Waals surface area (Å²) < 4.78 is 1.45. The van der Waals surface area contributed by atoms with Gasteiger partial charge < -0.3 is 4.98 Å². The topological polar surface area (TPSA) is 96.4 Å². The van der Waals surface area contributed by atoms with Crippen molar-refractivity contribution >= 4 is 11.2 Å². The molecule has 0 amide bonds. The largest absolute Gasteiger partial charge is 0.336 e. The molecule has 0 saturated carbocycles.